The first-order valence-corrected chi connectivity index (χ1v) is 7.82. The van der Waals surface area contributed by atoms with Crippen molar-refractivity contribution < 1.29 is 9.53 Å². The summed E-state index contributed by atoms with van der Waals surface area (Å²) >= 11 is 0. The molecule has 1 aliphatic heterocycles. The Labute approximate surface area is 125 Å². The second-order valence-electron chi connectivity index (χ2n) is 5.99. The molecule has 0 atom stereocenters. The summed E-state index contributed by atoms with van der Waals surface area (Å²) < 4.78 is 5.41. The first-order chi connectivity index (χ1) is 10.3. The van der Waals surface area contributed by atoms with E-state index in [9.17, 15) is 4.79 Å². The molecule has 1 aromatic carbocycles. The van der Waals surface area contributed by atoms with Crippen molar-refractivity contribution in [3.05, 3.63) is 35.4 Å². The summed E-state index contributed by atoms with van der Waals surface area (Å²) in [6, 6.07) is 8.44. The Balaban J connectivity index is 1.89. The lowest BCUT2D eigenvalue weighted by Gasteiger charge is -2.30. The number of benzene rings is 1. The minimum Gasteiger partial charge on any atom is -0.379 e. The zero-order valence-electron chi connectivity index (χ0n) is 12.4. The largest absolute Gasteiger partial charge is 0.379 e. The van der Waals surface area contributed by atoms with Crippen LogP contribution in [0, 0.1) is 0 Å². The van der Waals surface area contributed by atoms with Gasteiger partial charge in [0, 0.05) is 19.6 Å². The lowest BCUT2D eigenvalue weighted by atomic mass is 9.85. The normalized spacial score (nSPS) is 21.9. The van der Waals surface area contributed by atoms with E-state index in [1.165, 1.54) is 11.1 Å². The highest BCUT2D eigenvalue weighted by Crippen LogP contribution is 2.43. The van der Waals surface area contributed by atoms with Crippen molar-refractivity contribution in [2.75, 3.05) is 26.3 Å². The lowest BCUT2D eigenvalue weighted by Crippen LogP contribution is -2.36. The zero-order valence-corrected chi connectivity index (χ0v) is 12.4. The van der Waals surface area contributed by atoms with Gasteiger partial charge in [0.05, 0.1) is 18.8 Å². The zero-order chi connectivity index (χ0) is 14.5. The van der Waals surface area contributed by atoms with Gasteiger partial charge in [-0.2, -0.15) is 4.99 Å². The molecule has 21 heavy (non-hydrogen) atoms. The molecule has 0 aromatic heterocycles. The number of ether oxygens (including phenoxy) is 1. The maximum Gasteiger partial charge on any atom is 0.235 e. The van der Waals surface area contributed by atoms with Crippen molar-refractivity contribution in [3.8, 4) is 0 Å². The number of isocyanates is 1. The van der Waals surface area contributed by atoms with Crippen LogP contribution in [0.1, 0.15) is 36.8 Å². The summed E-state index contributed by atoms with van der Waals surface area (Å²) in [5.41, 5.74) is 2.18. The Bertz CT molecular complexity index is 525. The second kappa shape index (κ2) is 6.52. The number of morpholine rings is 1. The number of carbonyl (C=O) groups excluding carboxylic acids is 1. The molecule has 1 saturated heterocycles. The maximum absolute atomic E-state index is 10.9. The van der Waals surface area contributed by atoms with Crippen LogP contribution in [0.5, 0.6) is 0 Å². The van der Waals surface area contributed by atoms with E-state index in [4.69, 9.17) is 4.74 Å². The summed E-state index contributed by atoms with van der Waals surface area (Å²) in [6.07, 6.45) is 6.01. The van der Waals surface area contributed by atoms with Gasteiger partial charge in [-0.1, -0.05) is 37.1 Å². The van der Waals surface area contributed by atoms with Crippen LogP contribution in [0.15, 0.2) is 29.3 Å². The third kappa shape index (κ3) is 3.08. The minimum atomic E-state index is -0.329. The smallest absolute Gasteiger partial charge is 0.235 e. The summed E-state index contributed by atoms with van der Waals surface area (Å²) in [5, 5.41) is 0. The lowest BCUT2D eigenvalue weighted by molar-refractivity contribution is 0.0339. The van der Waals surface area contributed by atoms with Crippen LogP contribution in [0.3, 0.4) is 0 Å². The maximum atomic E-state index is 10.9. The summed E-state index contributed by atoms with van der Waals surface area (Å²) in [7, 11) is 0. The van der Waals surface area contributed by atoms with Crippen LogP contribution in [-0.4, -0.2) is 37.3 Å². The van der Waals surface area contributed by atoms with E-state index in [2.05, 4.69) is 34.2 Å². The van der Waals surface area contributed by atoms with Crippen LogP contribution in [0.2, 0.25) is 0 Å². The summed E-state index contributed by atoms with van der Waals surface area (Å²) in [5.74, 6) is 0. The van der Waals surface area contributed by atoms with Crippen LogP contribution in [-0.2, 0) is 21.6 Å². The highest BCUT2D eigenvalue weighted by Gasteiger charge is 2.37. The van der Waals surface area contributed by atoms with Gasteiger partial charge in [0.25, 0.3) is 0 Å². The van der Waals surface area contributed by atoms with E-state index in [1.54, 1.807) is 0 Å². The molecule has 0 spiro atoms. The molecular formula is C17H22N2O2. The van der Waals surface area contributed by atoms with Crippen molar-refractivity contribution in [2.24, 2.45) is 4.99 Å². The van der Waals surface area contributed by atoms with E-state index in [0.717, 1.165) is 58.5 Å². The number of hydrogen-bond acceptors (Lipinski definition) is 4. The molecule has 0 N–H and O–H groups in total. The van der Waals surface area contributed by atoms with E-state index in [1.807, 2.05) is 6.08 Å². The molecule has 0 bridgehead atoms. The molecule has 0 unspecified atom stereocenters. The number of nitrogens with zero attached hydrogens (tertiary/aromatic N) is 2. The quantitative estimate of drug-likeness (QED) is 0.631. The van der Waals surface area contributed by atoms with E-state index in [-0.39, 0.29) is 5.54 Å². The average molecular weight is 286 g/mol. The van der Waals surface area contributed by atoms with E-state index >= 15 is 0 Å². The molecule has 0 radical (unpaired) electrons. The van der Waals surface area contributed by atoms with Gasteiger partial charge in [-0.25, -0.2) is 4.79 Å². The van der Waals surface area contributed by atoms with Crippen LogP contribution >= 0.6 is 0 Å². The molecule has 1 aromatic rings. The Morgan fingerprint density at radius 3 is 2.62 bits per heavy atom. The Hall–Kier alpha value is -1.48. The van der Waals surface area contributed by atoms with Crippen molar-refractivity contribution in [1.29, 1.82) is 0 Å². The van der Waals surface area contributed by atoms with Crippen molar-refractivity contribution in [2.45, 2.75) is 37.8 Å². The molecule has 2 aliphatic rings. The molecule has 1 heterocycles. The molecular weight excluding hydrogens is 264 g/mol. The number of rotatable bonds is 4. The van der Waals surface area contributed by atoms with Crippen LogP contribution in [0.25, 0.3) is 0 Å². The fourth-order valence-electron chi connectivity index (χ4n) is 3.60. The second-order valence-corrected chi connectivity index (χ2v) is 5.99. The summed E-state index contributed by atoms with van der Waals surface area (Å²) in [4.78, 5) is 17.6. The average Bonchev–Trinajstić information content (AvgIpc) is 2.99. The molecule has 112 valence electrons. The van der Waals surface area contributed by atoms with Crippen LogP contribution in [0.4, 0.5) is 0 Å². The van der Waals surface area contributed by atoms with Gasteiger partial charge in [0.15, 0.2) is 0 Å². The molecule has 4 nitrogen and oxygen atoms in total. The topological polar surface area (TPSA) is 41.9 Å². The highest BCUT2D eigenvalue weighted by molar-refractivity contribution is 5.41. The SMILES string of the molecule is O=C=NC1(c2ccccc2CN2CCOCC2)CCCC1. The van der Waals surface area contributed by atoms with Gasteiger partial charge in [-0.05, 0) is 24.0 Å². The minimum absolute atomic E-state index is 0.329. The fraction of sp³-hybridized carbons (Fsp3) is 0.588. The van der Waals surface area contributed by atoms with Gasteiger partial charge >= 0.3 is 0 Å². The third-order valence-corrected chi connectivity index (χ3v) is 4.71. The molecule has 1 aliphatic carbocycles. The standard InChI is InChI=1S/C17H22N2O2/c20-14-18-17(7-3-4-8-17)16-6-2-1-5-15(16)13-19-9-11-21-12-10-19/h1-2,5-6H,3-4,7-13H2. The number of aliphatic imine (C=N–C) groups is 1. The first-order valence-electron chi connectivity index (χ1n) is 7.82. The van der Waals surface area contributed by atoms with Gasteiger partial charge in [0.1, 0.15) is 0 Å². The first kappa shape index (κ1) is 14.5. The van der Waals surface area contributed by atoms with E-state index < -0.39 is 0 Å². The highest BCUT2D eigenvalue weighted by atomic mass is 16.5. The van der Waals surface area contributed by atoms with Crippen molar-refractivity contribution in [3.63, 3.8) is 0 Å². The van der Waals surface area contributed by atoms with Gasteiger partial charge < -0.3 is 4.74 Å². The fourth-order valence-corrected chi connectivity index (χ4v) is 3.60. The Kier molecular flexibility index (Phi) is 4.49. The van der Waals surface area contributed by atoms with Gasteiger partial charge in [0.2, 0.25) is 6.08 Å². The third-order valence-electron chi connectivity index (χ3n) is 4.71. The Morgan fingerprint density at radius 1 is 1.19 bits per heavy atom. The van der Waals surface area contributed by atoms with Gasteiger partial charge in [-0.15, -0.1) is 0 Å². The van der Waals surface area contributed by atoms with Gasteiger partial charge in [-0.3, -0.25) is 4.90 Å². The molecule has 2 fully saturated rings. The monoisotopic (exact) mass is 286 g/mol. The predicted octanol–water partition coefficient (Wildman–Crippen LogP) is 2.62. The van der Waals surface area contributed by atoms with Crippen molar-refractivity contribution >= 4 is 6.08 Å². The van der Waals surface area contributed by atoms with Crippen molar-refractivity contribution in [1.82, 2.24) is 4.90 Å². The molecule has 3 rings (SSSR count). The molecule has 1 saturated carbocycles. The predicted molar refractivity (Wildman–Crippen MR) is 80.8 cm³/mol. The molecule has 4 heteroatoms. The Morgan fingerprint density at radius 2 is 1.90 bits per heavy atom. The number of hydrogen-bond donors (Lipinski definition) is 0. The molecule has 0 amide bonds. The van der Waals surface area contributed by atoms with E-state index in [0.29, 0.717) is 0 Å². The van der Waals surface area contributed by atoms with Crippen LogP contribution < -0.4 is 0 Å². The summed E-state index contributed by atoms with van der Waals surface area (Å²) in [6.45, 7) is 4.46.